The van der Waals surface area contributed by atoms with Crippen LogP contribution in [0.5, 0.6) is 0 Å². The van der Waals surface area contributed by atoms with Gasteiger partial charge in [-0.25, -0.2) is 0 Å². The second kappa shape index (κ2) is 8.30. The Bertz CT molecular complexity index is 700. The van der Waals surface area contributed by atoms with Crippen molar-refractivity contribution in [3.05, 3.63) is 63.6 Å². The Labute approximate surface area is 161 Å². The molecule has 2 aromatic carbocycles. The maximum absolute atomic E-state index is 6.25. The van der Waals surface area contributed by atoms with Crippen molar-refractivity contribution in [1.82, 2.24) is 9.80 Å². The molecule has 0 amide bonds. The molecule has 126 valence electrons. The summed E-state index contributed by atoms with van der Waals surface area (Å²) in [5, 5.41) is 4.94. The lowest BCUT2D eigenvalue weighted by Crippen LogP contribution is -2.49. The van der Waals surface area contributed by atoms with E-state index in [2.05, 4.69) is 37.1 Å². The van der Waals surface area contributed by atoms with Gasteiger partial charge in [-0.3, -0.25) is 4.90 Å². The highest BCUT2D eigenvalue weighted by atomic mass is 79.9. The fourth-order valence-electron chi connectivity index (χ4n) is 2.71. The van der Waals surface area contributed by atoms with Crippen molar-refractivity contribution in [2.75, 3.05) is 31.5 Å². The number of piperazine rings is 1. The number of halogens is 2. The molecule has 0 spiro atoms. The first kappa shape index (κ1) is 17.7. The van der Waals surface area contributed by atoms with Crippen molar-refractivity contribution in [2.45, 2.75) is 6.54 Å². The van der Waals surface area contributed by atoms with Gasteiger partial charge in [0, 0.05) is 47.9 Å². The fraction of sp³-hybridized carbons (Fsp3) is 0.278. The van der Waals surface area contributed by atoms with E-state index in [1.165, 1.54) is 5.56 Å². The third kappa shape index (κ3) is 4.70. The molecule has 6 heteroatoms. The molecule has 1 heterocycles. The standard InChI is InChI=1S/C18H19BrClN3S/c19-15-5-7-16(8-6-15)21-18(24)23-11-9-22(10-12-23)13-14-3-1-2-4-17(14)20/h1-8H,9-13H2,(H,21,24). The predicted molar refractivity (Wildman–Crippen MR) is 109 cm³/mol. The smallest absolute Gasteiger partial charge is 0.173 e. The predicted octanol–water partition coefficient (Wildman–Crippen LogP) is 4.62. The minimum absolute atomic E-state index is 0.787. The molecule has 0 aliphatic carbocycles. The first-order valence-corrected chi connectivity index (χ1v) is 9.47. The zero-order valence-electron chi connectivity index (χ0n) is 13.2. The molecule has 0 unspecified atom stereocenters. The highest BCUT2D eigenvalue weighted by Crippen LogP contribution is 2.18. The van der Waals surface area contributed by atoms with E-state index in [-0.39, 0.29) is 0 Å². The minimum atomic E-state index is 0.787. The molecule has 1 saturated heterocycles. The van der Waals surface area contributed by atoms with E-state index in [0.29, 0.717) is 0 Å². The first-order valence-electron chi connectivity index (χ1n) is 7.89. The minimum Gasteiger partial charge on any atom is -0.346 e. The molecule has 1 aliphatic heterocycles. The van der Waals surface area contributed by atoms with Gasteiger partial charge in [0.15, 0.2) is 5.11 Å². The average Bonchev–Trinajstić information content (AvgIpc) is 2.59. The zero-order valence-corrected chi connectivity index (χ0v) is 16.4. The Hall–Kier alpha value is -1.14. The summed E-state index contributed by atoms with van der Waals surface area (Å²) in [6.45, 7) is 4.70. The summed E-state index contributed by atoms with van der Waals surface area (Å²) in [4.78, 5) is 4.64. The quantitative estimate of drug-likeness (QED) is 0.725. The van der Waals surface area contributed by atoms with E-state index in [4.69, 9.17) is 23.8 Å². The second-order valence-electron chi connectivity index (χ2n) is 5.79. The van der Waals surface area contributed by atoms with Gasteiger partial charge in [0.1, 0.15) is 0 Å². The van der Waals surface area contributed by atoms with Crippen LogP contribution >= 0.6 is 39.7 Å². The van der Waals surface area contributed by atoms with Gasteiger partial charge < -0.3 is 10.2 Å². The number of thiocarbonyl (C=S) groups is 1. The number of anilines is 1. The molecule has 2 aromatic rings. The third-order valence-electron chi connectivity index (χ3n) is 4.11. The van der Waals surface area contributed by atoms with Crippen molar-refractivity contribution in [3.63, 3.8) is 0 Å². The molecule has 0 radical (unpaired) electrons. The van der Waals surface area contributed by atoms with E-state index in [1.54, 1.807) is 0 Å². The Morgan fingerprint density at radius 2 is 1.71 bits per heavy atom. The van der Waals surface area contributed by atoms with E-state index >= 15 is 0 Å². The number of rotatable bonds is 3. The molecule has 0 aromatic heterocycles. The van der Waals surface area contributed by atoms with E-state index in [9.17, 15) is 0 Å². The second-order valence-corrected chi connectivity index (χ2v) is 7.50. The Morgan fingerprint density at radius 3 is 2.38 bits per heavy atom. The number of nitrogens with zero attached hydrogens (tertiary/aromatic N) is 2. The van der Waals surface area contributed by atoms with E-state index in [1.807, 2.05) is 42.5 Å². The molecule has 0 bridgehead atoms. The lowest BCUT2D eigenvalue weighted by Gasteiger charge is -2.36. The highest BCUT2D eigenvalue weighted by molar-refractivity contribution is 9.10. The van der Waals surface area contributed by atoms with Crippen molar-refractivity contribution in [3.8, 4) is 0 Å². The molecule has 3 rings (SSSR count). The summed E-state index contributed by atoms with van der Waals surface area (Å²) in [5.74, 6) is 0. The summed E-state index contributed by atoms with van der Waals surface area (Å²) >= 11 is 15.2. The fourth-order valence-corrected chi connectivity index (χ4v) is 3.47. The molecule has 1 aliphatic rings. The monoisotopic (exact) mass is 423 g/mol. The van der Waals surface area contributed by atoms with Crippen molar-refractivity contribution >= 4 is 50.5 Å². The van der Waals surface area contributed by atoms with Gasteiger partial charge in [-0.1, -0.05) is 45.7 Å². The van der Waals surface area contributed by atoms with Crippen LogP contribution < -0.4 is 5.32 Å². The van der Waals surface area contributed by atoms with Crippen LogP contribution in [-0.2, 0) is 6.54 Å². The topological polar surface area (TPSA) is 18.5 Å². The van der Waals surface area contributed by atoms with Gasteiger partial charge in [-0.2, -0.15) is 0 Å². The van der Waals surface area contributed by atoms with Crippen molar-refractivity contribution < 1.29 is 0 Å². The van der Waals surface area contributed by atoms with Gasteiger partial charge >= 0.3 is 0 Å². The van der Waals surface area contributed by atoms with Gasteiger partial charge in [-0.15, -0.1) is 0 Å². The lowest BCUT2D eigenvalue weighted by molar-refractivity contribution is 0.177. The van der Waals surface area contributed by atoms with Crippen LogP contribution in [0, 0.1) is 0 Å². The van der Waals surface area contributed by atoms with Crippen LogP contribution in [-0.4, -0.2) is 41.1 Å². The molecular formula is C18H19BrClN3S. The summed E-state index contributed by atoms with van der Waals surface area (Å²) in [6, 6.07) is 16.1. The van der Waals surface area contributed by atoms with Crippen LogP contribution in [0.25, 0.3) is 0 Å². The largest absolute Gasteiger partial charge is 0.346 e. The molecule has 0 saturated carbocycles. The van der Waals surface area contributed by atoms with Crippen LogP contribution in [0.4, 0.5) is 5.69 Å². The number of benzene rings is 2. The molecule has 3 nitrogen and oxygen atoms in total. The van der Waals surface area contributed by atoms with E-state index < -0.39 is 0 Å². The first-order chi connectivity index (χ1) is 11.6. The molecule has 1 fully saturated rings. The third-order valence-corrected chi connectivity index (χ3v) is 5.36. The van der Waals surface area contributed by atoms with Crippen LogP contribution in [0.2, 0.25) is 5.02 Å². The number of hydrogen-bond donors (Lipinski definition) is 1. The normalized spacial score (nSPS) is 15.3. The molecule has 1 N–H and O–H groups in total. The molecular weight excluding hydrogens is 406 g/mol. The van der Waals surface area contributed by atoms with E-state index in [0.717, 1.165) is 53.0 Å². The van der Waals surface area contributed by atoms with Gasteiger partial charge in [0.05, 0.1) is 0 Å². The van der Waals surface area contributed by atoms with Crippen LogP contribution in [0.1, 0.15) is 5.56 Å². The highest BCUT2D eigenvalue weighted by Gasteiger charge is 2.19. The van der Waals surface area contributed by atoms with Crippen LogP contribution in [0.3, 0.4) is 0 Å². The van der Waals surface area contributed by atoms with Gasteiger partial charge in [0.25, 0.3) is 0 Å². The molecule has 0 atom stereocenters. The maximum atomic E-state index is 6.25. The SMILES string of the molecule is S=C(Nc1ccc(Br)cc1)N1CCN(Cc2ccccc2Cl)CC1. The zero-order chi connectivity index (χ0) is 16.9. The van der Waals surface area contributed by atoms with Gasteiger partial charge in [-0.05, 0) is 48.1 Å². The van der Waals surface area contributed by atoms with Crippen LogP contribution in [0.15, 0.2) is 53.0 Å². The summed E-state index contributed by atoms with van der Waals surface area (Å²) in [7, 11) is 0. The lowest BCUT2D eigenvalue weighted by atomic mass is 10.2. The van der Waals surface area contributed by atoms with Crippen molar-refractivity contribution in [2.24, 2.45) is 0 Å². The number of hydrogen-bond acceptors (Lipinski definition) is 2. The Morgan fingerprint density at radius 1 is 1.04 bits per heavy atom. The Kier molecular flexibility index (Phi) is 6.11. The van der Waals surface area contributed by atoms with Gasteiger partial charge in [0.2, 0.25) is 0 Å². The average molecular weight is 425 g/mol. The summed E-state index contributed by atoms with van der Waals surface area (Å²) in [5.41, 5.74) is 2.20. The maximum Gasteiger partial charge on any atom is 0.173 e. The Balaban J connectivity index is 1.50. The molecule has 24 heavy (non-hydrogen) atoms. The summed E-state index contributed by atoms with van der Waals surface area (Å²) in [6.07, 6.45) is 0. The summed E-state index contributed by atoms with van der Waals surface area (Å²) < 4.78 is 1.06. The van der Waals surface area contributed by atoms with Crippen molar-refractivity contribution in [1.29, 1.82) is 0 Å². The number of nitrogens with one attached hydrogen (secondary N) is 1.